The van der Waals surface area contributed by atoms with Gasteiger partial charge in [-0.15, -0.1) is 0 Å². The first-order chi connectivity index (χ1) is 12.4. The number of benzene rings is 1. The van der Waals surface area contributed by atoms with Crippen LogP contribution < -0.4 is 5.32 Å². The summed E-state index contributed by atoms with van der Waals surface area (Å²) >= 11 is 14.6. The second-order valence-corrected chi connectivity index (χ2v) is 8.73. The van der Waals surface area contributed by atoms with Crippen LogP contribution in [0.15, 0.2) is 29.0 Å². The molecule has 1 aromatic carbocycles. The first kappa shape index (κ1) is 19.5. The fourth-order valence-electron chi connectivity index (χ4n) is 3.60. The van der Waals surface area contributed by atoms with Crippen LogP contribution in [0.25, 0.3) is 11.1 Å². The molecule has 2 aromatic rings. The number of nitrogens with one attached hydrogen (secondary N) is 1. The molecule has 0 aliphatic heterocycles. The van der Waals surface area contributed by atoms with E-state index in [0.29, 0.717) is 22.0 Å². The molecule has 1 aliphatic carbocycles. The van der Waals surface area contributed by atoms with Crippen molar-refractivity contribution in [2.24, 2.45) is 5.92 Å². The molecule has 1 N–H and O–H groups in total. The van der Waals surface area contributed by atoms with E-state index in [-0.39, 0.29) is 12.1 Å². The predicted molar refractivity (Wildman–Crippen MR) is 111 cm³/mol. The molecule has 6 heteroatoms. The molecule has 1 fully saturated rings. The second-order valence-electron chi connectivity index (χ2n) is 7.20. The Hall–Kier alpha value is -1.23. The third kappa shape index (κ3) is 4.03. The van der Waals surface area contributed by atoms with Crippen LogP contribution in [0.5, 0.6) is 0 Å². The Morgan fingerprint density at radius 2 is 2.04 bits per heavy atom. The van der Waals surface area contributed by atoms with Crippen molar-refractivity contribution in [3.63, 3.8) is 0 Å². The smallest absolute Gasteiger partial charge is 0.317 e. The lowest BCUT2D eigenvalue weighted by Crippen LogP contribution is -2.43. The molecule has 1 heterocycles. The number of nitrogens with zero attached hydrogens (tertiary/aromatic N) is 1. The van der Waals surface area contributed by atoms with Crippen LogP contribution in [0.4, 0.5) is 4.79 Å². The van der Waals surface area contributed by atoms with Gasteiger partial charge in [-0.25, -0.2) is 4.79 Å². The molecule has 1 saturated carbocycles. The minimum Gasteiger partial charge on any atom is -0.331 e. The first-order valence-electron chi connectivity index (χ1n) is 8.92. The number of urea groups is 1. The normalized spacial score (nSPS) is 20.8. The molecule has 3 unspecified atom stereocenters. The predicted octanol–water partition coefficient (Wildman–Crippen LogP) is 6.61. The SMILES string of the molecule is CC1CCC(N(C)C(=O)NC(C)c2ccc(-c3ccsc3)c(Cl)c2Cl)C1. The average molecular weight is 411 g/mol. The average Bonchev–Trinajstić information content (AvgIpc) is 3.28. The van der Waals surface area contributed by atoms with Crippen molar-refractivity contribution < 1.29 is 4.79 Å². The van der Waals surface area contributed by atoms with E-state index in [9.17, 15) is 4.79 Å². The number of carbonyl (C=O) groups excluding carboxylic acids is 1. The van der Waals surface area contributed by atoms with E-state index in [1.165, 1.54) is 6.42 Å². The Kier molecular flexibility index (Phi) is 6.16. The summed E-state index contributed by atoms with van der Waals surface area (Å²) < 4.78 is 0. The maximum atomic E-state index is 12.6. The van der Waals surface area contributed by atoms with Crippen LogP contribution in [0, 0.1) is 5.92 Å². The van der Waals surface area contributed by atoms with Crippen LogP contribution in [0.3, 0.4) is 0 Å². The Balaban J connectivity index is 1.72. The van der Waals surface area contributed by atoms with Gasteiger partial charge in [-0.1, -0.05) is 42.3 Å². The van der Waals surface area contributed by atoms with Crippen molar-refractivity contribution in [3.05, 3.63) is 44.6 Å². The first-order valence-corrected chi connectivity index (χ1v) is 10.6. The molecule has 2 amide bonds. The minimum absolute atomic E-state index is 0.0642. The molecule has 3 atom stereocenters. The highest BCUT2D eigenvalue weighted by atomic mass is 35.5. The van der Waals surface area contributed by atoms with Crippen LogP contribution in [-0.2, 0) is 0 Å². The van der Waals surface area contributed by atoms with Crippen LogP contribution >= 0.6 is 34.5 Å². The third-order valence-corrected chi connectivity index (χ3v) is 6.87. The summed E-state index contributed by atoms with van der Waals surface area (Å²) in [5, 5.41) is 8.14. The molecule has 1 aliphatic rings. The van der Waals surface area contributed by atoms with Gasteiger partial charge in [0.15, 0.2) is 0 Å². The van der Waals surface area contributed by atoms with Crippen molar-refractivity contribution >= 4 is 40.6 Å². The molecule has 1 aromatic heterocycles. The highest BCUT2D eigenvalue weighted by Gasteiger charge is 2.28. The summed E-state index contributed by atoms with van der Waals surface area (Å²) in [6, 6.07) is 5.97. The molecule has 0 saturated heterocycles. The van der Waals surface area contributed by atoms with Crippen molar-refractivity contribution in [3.8, 4) is 11.1 Å². The third-order valence-electron chi connectivity index (χ3n) is 5.29. The van der Waals surface area contributed by atoms with Gasteiger partial charge in [0.05, 0.1) is 16.1 Å². The van der Waals surface area contributed by atoms with Gasteiger partial charge in [0, 0.05) is 18.7 Å². The van der Waals surface area contributed by atoms with Crippen molar-refractivity contribution in [2.45, 2.75) is 45.2 Å². The number of rotatable bonds is 4. The molecule has 0 spiro atoms. The zero-order chi connectivity index (χ0) is 18.8. The van der Waals surface area contributed by atoms with E-state index in [2.05, 4.69) is 12.2 Å². The quantitative estimate of drug-likeness (QED) is 0.603. The summed E-state index contributed by atoms with van der Waals surface area (Å²) in [5.41, 5.74) is 2.80. The lowest BCUT2D eigenvalue weighted by molar-refractivity contribution is 0.186. The topological polar surface area (TPSA) is 32.3 Å². The molecule has 26 heavy (non-hydrogen) atoms. The molecule has 0 radical (unpaired) electrons. The zero-order valence-corrected chi connectivity index (χ0v) is 17.6. The molecule has 140 valence electrons. The number of halogens is 2. The van der Waals surface area contributed by atoms with Gasteiger partial charge >= 0.3 is 6.03 Å². The van der Waals surface area contributed by atoms with Gasteiger partial charge in [0.1, 0.15) is 0 Å². The Morgan fingerprint density at radius 3 is 2.65 bits per heavy atom. The molecule has 3 rings (SSSR count). The summed E-state index contributed by atoms with van der Waals surface area (Å²) in [6.45, 7) is 4.18. The highest BCUT2D eigenvalue weighted by Crippen LogP contribution is 2.38. The Morgan fingerprint density at radius 1 is 1.27 bits per heavy atom. The number of hydrogen-bond donors (Lipinski definition) is 1. The van der Waals surface area contributed by atoms with E-state index >= 15 is 0 Å². The fourth-order valence-corrected chi connectivity index (χ4v) is 4.86. The Bertz CT molecular complexity index is 778. The molecular formula is C20H24Cl2N2OS. The number of hydrogen-bond acceptors (Lipinski definition) is 2. The molecular weight excluding hydrogens is 387 g/mol. The maximum absolute atomic E-state index is 12.6. The van der Waals surface area contributed by atoms with Gasteiger partial charge in [-0.3, -0.25) is 0 Å². The van der Waals surface area contributed by atoms with Gasteiger partial charge < -0.3 is 10.2 Å². The van der Waals surface area contributed by atoms with Gasteiger partial charge in [-0.05, 0) is 60.1 Å². The van der Waals surface area contributed by atoms with Gasteiger partial charge in [0.2, 0.25) is 0 Å². The minimum atomic E-state index is -0.217. The number of amides is 2. The molecule has 3 nitrogen and oxygen atoms in total. The molecule has 0 bridgehead atoms. The van der Waals surface area contributed by atoms with E-state index in [1.807, 2.05) is 47.8 Å². The highest BCUT2D eigenvalue weighted by molar-refractivity contribution is 7.08. The van der Waals surface area contributed by atoms with E-state index in [4.69, 9.17) is 23.2 Å². The van der Waals surface area contributed by atoms with Crippen molar-refractivity contribution in [1.82, 2.24) is 10.2 Å². The fraction of sp³-hybridized carbons (Fsp3) is 0.450. The van der Waals surface area contributed by atoms with Crippen molar-refractivity contribution in [1.29, 1.82) is 0 Å². The van der Waals surface area contributed by atoms with Crippen LogP contribution in [-0.4, -0.2) is 24.0 Å². The number of carbonyl (C=O) groups is 1. The maximum Gasteiger partial charge on any atom is 0.317 e. The lowest BCUT2D eigenvalue weighted by atomic mass is 10.0. The number of thiophene rings is 1. The lowest BCUT2D eigenvalue weighted by Gasteiger charge is -2.27. The second kappa shape index (κ2) is 8.20. The van der Waals surface area contributed by atoms with E-state index in [1.54, 1.807) is 11.3 Å². The monoisotopic (exact) mass is 410 g/mol. The standard InChI is InChI=1S/C20H24Cl2N2OS/c1-12-4-5-15(10-12)24(3)20(25)23-13(2)16-6-7-17(19(22)18(16)21)14-8-9-26-11-14/h6-9,11-13,15H,4-5,10H2,1-3H3,(H,23,25). The van der Waals surface area contributed by atoms with E-state index in [0.717, 1.165) is 29.5 Å². The Labute approximate surface area is 169 Å². The van der Waals surface area contributed by atoms with Crippen molar-refractivity contribution in [2.75, 3.05) is 7.05 Å². The van der Waals surface area contributed by atoms with Gasteiger partial charge in [-0.2, -0.15) is 11.3 Å². The largest absolute Gasteiger partial charge is 0.331 e. The summed E-state index contributed by atoms with van der Waals surface area (Å²) in [6.07, 6.45) is 3.32. The van der Waals surface area contributed by atoms with E-state index < -0.39 is 0 Å². The zero-order valence-electron chi connectivity index (χ0n) is 15.3. The van der Waals surface area contributed by atoms with Crippen LogP contribution in [0.2, 0.25) is 10.0 Å². The van der Waals surface area contributed by atoms with Gasteiger partial charge in [0.25, 0.3) is 0 Å². The summed E-state index contributed by atoms with van der Waals surface area (Å²) in [7, 11) is 1.87. The summed E-state index contributed by atoms with van der Waals surface area (Å²) in [4.78, 5) is 14.4. The van der Waals surface area contributed by atoms with Crippen LogP contribution in [0.1, 0.15) is 44.7 Å². The summed E-state index contributed by atoms with van der Waals surface area (Å²) in [5.74, 6) is 0.686.